The molecular weight excluding hydrogens is 242 g/mol. The highest BCUT2D eigenvalue weighted by atomic mass is 16.5. The third kappa shape index (κ3) is 4.41. The zero-order valence-electron chi connectivity index (χ0n) is 11.6. The monoisotopic (exact) mass is 263 g/mol. The van der Waals surface area contributed by atoms with Gasteiger partial charge in [0.05, 0.1) is 7.11 Å². The minimum Gasteiger partial charge on any atom is -0.496 e. The first-order chi connectivity index (χ1) is 8.95. The number of carbonyl (C=O) groups is 1. The van der Waals surface area contributed by atoms with Crippen LogP contribution in [0.2, 0.25) is 0 Å². The number of nitrogens with two attached hydrogens (primary N) is 1. The molecule has 1 unspecified atom stereocenters. The molecule has 0 radical (unpaired) electrons. The normalized spacial score (nSPS) is 12.9. The second kappa shape index (κ2) is 6.95. The number of methoxy groups -OCH3 is 1. The fraction of sp³-hybridized carbons (Fsp3) is 0.400. The van der Waals surface area contributed by atoms with E-state index in [4.69, 9.17) is 15.6 Å². The van der Waals surface area contributed by atoms with Crippen molar-refractivity contribution >= 4 is 12.0 Å². The van der Waals surface area contributed by atoms with Gasteiger partial charge in [0.2, 0.25) is 0 Å². The summed E-state index contributed by atoms with van der Waals surface area (Å²) in [6.07, 6.45) is 3.98. The highest BCUT2D eigenvalue weighted by Gasteiger charge is 2.09. The molecule has 0 saturated heterocycles. The predicted octanol–water partition coefficient (Wildman–Crippen LogP) is 2.63. The van der Waals surface area contributed by atoms with Crippen LogP contribution < -0.4 is 10.5 Å². The van der Waals surface area contributed by atoms with Crippen molar-refractivity contribution in [2.45, 2.75) is 32.2 Å². The van der Waals surface area contributed by atoms with E-state index in [-0.39, 0.29) is 0 Å². The molecule has 0 aromatic heterocycles. The maximum absolute atomic E-state index is 10.6. The zero-order chi connectivity index (χ0) is 14.4. The molecule has 0 amide bonds. The van der Waals surface area contributed by atoms with Gasteiger partial charge >= 0.3 is 5.97 Å². The Bertz CT molecular complexity index is 466. The lowest BCUT2D eigenvalue weighted by Crippen LogP contribution is -2.29. The van der Waals surface area contributed by atoms with Crippen molar-refractivity contribution in [2.75, 3.05) is 7.11 Å². The molecule has 0 aliphatic rings. The molecule has 104 valence electrons. The maximum atomic E-state index is 10.6. The van der Waals surface area contributed by atoms with E-state index in [1.807, 2.05) is 24.3 Å². The van der Waals surface area contributed by atoms with Crippen LogP contribution in [-0.2, 0) is 4.79 Å². The van der Waals surface area contributed by atoms with Crippen LogP contribution in [0.5, 0.6) is 5.75 Å². The summed E-state index contributed by atoms with van der Waals surface area (Å²) in [7, 11) is 1.66. The van der Waals surface area contributed by atoms with E-state index < -0.39 is 12.0 Å². The highest BCUT2D eigenvalue weighted by molar-refractivity contribution is 5.73. The Morgan fingerprint density at radius 3 is 2.68 bits per heavy atom. The SMILES string of the molecule is COc1ccc(/C=C/CC(N)C(=O)O)cc1C(C)C. The third-order valence-electron chi connectivity index (χ3n) is 2.89. The second-order valence-corrected chi connectivity index (χ2v) is 4.74. The van der Waals surface area contributed by atoms with Gasteiger partial charge in [0.1, 0.15) is 11.8 Å². The van der Waals surface area contributed by atoms with Crippen molar-refractivity contribution in [3.63, 3.8) is 0 Å². The Morgan fingerprint density at radius 1 is 1.47 bits per heavy atom. The maximum Gasteiger partial charge on any atom is 0.320 e. The van der Waals surface area contributed by atoms with Gasteiger partial charge in [0, 0.05) is 0 Å². The molecule has 0 spiro atoms. The number of rotatable bonds is 6. The van der Waals surface area contributed by atoms with Crippen LogP contribution in [0.4, 0.5) is 0 Å². The van der Waals surface area contributed by atoms with Gasteiger partial charge in [-0.1, -0.05) is 32.1 Å². The van der Waals surface area contributed by atoms with Crippen molar-refractivity contribution in [3.05, 3.63) is 35.4 Å². The Balaban J connectivity index is 2.82. The summed E-state index contributed by atoms with van der Waals surface area (Å²) >= 11 is 0. The van der Waals surface area contributed by atoms with Crippen LogP contribution in [0.1, 0.15) is 37.3 Å². The van der Waals surface area contributed by atoms with Gasteiger partial charge in [-0.2, -0.15) is 0 Å². The molecule has 0 bridgehead atoms. The van der Waals surface area contributed by atoms with Gasteiger partial charge < -0.3 is 15.6 Å². The third-order valence-corrected chi connectivity index (χ3v) is 2.89. The van der Waals surface area contributed by atoms with Gasteiger partial charge in [0.15, 0.2) is 0 Å². The molecule has 1 aromatic carbocycles. The lowest BCUT2D eigenvalue weighted by atomic mass is 9.99. The van der Waals surface area contributed by atoms with Gasteiger partial charge in [0.25, 0.3) is 0 Å². The summed E-state index contributed by atoms with van der Waals surface area (Å²) in [5.41, 5.74) is 7.58. The predicted molar refractivity (Wildman–Crippen MR) is 76.3 cm³/mol. The minimum atomic E-state index is -0.984. The van der Waals surface area contributed by atoms with E-state index in [1.165, 1.54) is 0 Å². The summed E-state index contributed by atoms with van der Waals surface area (Å²) in [6.45, 7) is 4.21. The Hall–Kier alpha value is -1.81. The van der Waals surface area contributed by atoms with Gasteiger partial charge in [-0.05, 0) is 35.6 Å². The number of hydrogen-bond donors (Lipinski definition) is 2. The molecule has 1 atom stereocenters. The number of hydrogen-bond acceptors (Lipinski definition) is 3. The molecule has 0 aliphatic carbocycles. The molecule has 0 heterocycles. The molecule has 3 N–H and O–H groups in total. The van der Waals surface area contributed by atoms with Crippen molar-refractivity contribution in [3.8, 4) is 5.75 Å². The van der Waals surface area contributed by atoms with Crippen molar-refractivity contribution in [1.29, 1.82) is 0 Å². The molecule has 4 nitrogen and oxygen atoms in total. The zero-order valence-corrected chi connectivity index (χ0v) is 11.6. The van der Waals surface area contributed by atoms with Crippen molar-refractivity contribution < 1.29 is 14.6 Å². The fourth-order valence-electron chi connectivity index (χ4n) is 1.76. The Labute approximate surface area is 113 Å². The van der Waals surface area contributed by atoms with Crippen molar-refractivity contribution in [2.24, 2.45) is 5.73 Å². The highest BCUT2D eigenvalue weighted by Crippen LogP contribution is 2.27. The Kier molecular flexibility index (Phi) is 5.57. The molecule has 1 aromatic rings. The van der Waals surface area contributed by atoms with Crippen molar-refractivity contribution in [1.82, 2.24) is 0 Å². The quantitative estimate of drug-likeness (QED) is 0.827. The minimum absolute atomic E-state index is 0.318. The summed E-state index contributed by atoms with van der Waals surface area (Å²) in [5.74, 6) is 0.251. The lowest BCUT2D eigenvalue weighted by molar-refractivity contribution is -0.138. The van der Waals surface area contributed by atoms with Gasteiger partial charge in [-0.15, -0.1) is 0 Å². The molecule has 19 heavy (non-hydrogen) atoms. The van der Waals surface area contributed by atoms with Crippen LogP contribution in [0.3, 0.4) is 0 Å². The van der Waals surface area contributed by atoms with Gasteiger partial charge in [-0.25, -0.2) is 0 Å². The average molecular weight is 263 g/mol. The smallest absolute Gasteiger partial charge is 0.320 e. The van der Waals surface area contributed by atoms with E-state index >= 15 is 0 Å². The van der Waals surface area contributed by atoms with E-state index in [1.54, 1.807) is 13.2 Å². The lowest BCUT2D eigenvalue weighted by Gasteiger charge is -2.12. The molecule has 0 fully saturated rings. The largest absolute Gasteiger partial charge is 0.496 e. The molecule has 4 heteroatoms. The first-order valence-electron chi connectivity index (χ1n) is 6.28. The first kappa shape index (κ1) is 15.2. The molecule has 0 aliphatic heterocycles. The van der Waals surface area contributed by atoms with E-state index in [9.17, 15) is 4.79 Å². The summed E-state index contributed by atoms with van der Waals surface area (Å²) < 4.78 is 5.31. The summed E-state index contributed by atoms with van der Waals surface area (Å²) in [5, 5.41) is 8.69. The second-order valence-electron chi connectivity index (χ2n) is 4.74. The van der Waals surface area contributed by atoms with E-state index in [0.29, 0.717) is 12.3 Å². The standard InChI is InChI=1S/C15H21NO3/c1-10(2)12-9-11(7-8-14(12)19-3)5-4-6-13(16)15(17)18/h4-5,7-10,13H,6,16H2,1-3H3,(H,17,18)/b5-4+. The number of carboxylic acids is 1. The molecule has 1 rings (SSSR count). The Morgan fingerprint density at radius 2 is 2.16 bits per heavy atom. The van der Waals surface area contributed by atoms with Crippen LogP contribution in [-0.4, -0.2) is 24.2 Å². The number of aliphatic carboxylic acids is 1. The van der Waals surface area contributed by atoms with E-state index in [0.717, 1.165) is 16.9 Å². The fourth-order valence-corrected chi connectivity index (χ4v) is 1.76. The molecular formula is C15H21NO3. The number of carboxylic acid groups (broad SMARTS) is 1. The van der Waals surface area contributed by atoms with Crippen LogP contribution in [0, 0.1) is 0 Å². The number of ether oxygens (including phenoxy) is 1. The van der Waals surface area contributed by atoms with Crippen LogP contribution in [0.15, 0.2) is 24.3 Å². The van der Waals surface area contributed by atoms with Crippen LogP contribution in [0.25, 0.3) is 6.08 Å². The average Bonchev–Trinajstić information content (AvgIpc) is 2.38. The summed E-state index contributed by atoms with van der Waals surface area (Å²) in [6, 6.07) is 5.06. The van der Waals surface area contributed by atoms with E-state index in [2.05, 4.69) is 13.8 Å². The number of benzene rings is 1. The first-order valence-corrected chi connectivity index (χ1v) is 6.28. The van der Waals surface area contributed by atoms with Crippen LogP contribution >= 0.6 is 0 Å². The molecule has 0 saturated carbocycles. The summed E-state index contributed by atoms with van der Waals surface area (Å²) in [4.78, 5) is 10.6. The topological polar surface area (TPSA) is 72.5 Å². The van der Waals surface area contributed by atoms with Gasteiger partial charge in [-0.3, -0.25) is 4.79 Å².